The molecule has 36 heavy (non-hydrogen) atoms. The quantitative estimate of drug-likeness (QED) is 0.313. The number of benzene rings is 1. The maximum atomic E-state index is 13.5. The zero-order valence-corrected chi connectivity index (χ0v) is 21.1. The van der Waals surface area contributed by atoms with Gasteiger partial charge in [-0.15, -0.1) is 0 Å². The number of morpholine rings is 1. The molecule has 196 valence electrons. The third-order valence-corrected chi connectivity index (χ3v) is 5.70. The van der Waals surface area contributed by atoms with Gasteiger partial charge in [-0.3, -0.25) is 15.0 Å². The monoisotopic (exact) mass is 522 g/mol. The van der Waals surface area contributed by atoms with Crippen LogP contribution in [0.1, 0.15) is 48.5 Å². The summed E-state index contributed by atoms with van der Waals surface area (Å²) < 4.78 is 43.5. The summed E-state index contributed by atoms with van der Waals surface area (Å²) in [6, 6.07) is 7.50. The van der Waals surface area contributed by atoms with Crippen molar-refractivity contribution < 1.29 is 27.8 Å². The highest BCUT2D eigenvalue weighted by Crippen LogP contribution is 2.31. The van der Waals surface area contributed by atoms with E-state index in [4.69, 9.17) is 26.4 Å². The molecule has 8 nitrogen and oxygen atoms in total. The maximum absolute atomic E-state index is 13.5. The fourth-order valence-corrected chi connectivity index (χ4v) is 3.71. The summed E-state index contributed by atoms with van der Waals surface area (Å²) in [4.78, 5) is 18.9. The number of halogens is 2. The van der Waals surface area contributed by atoms with E-state index in [2.05, 4.69) is 27.4 Å². The van der Waals surface area contributed by atoms with Gasteiger partial charge in [-0.25, -0.2) is 13.8 Å². The van der Waals surface area contributed by atoms with Crippen LogP contribution in [-0.2, 0) is 4.74 Å². The first kappa shape index (κ1) is 27.7. The van der Waals surface area contributed by atoms with Gasteiger partial charge in [-0.05, 0) is 42.9 Å². The van der Waals surface area contributed by atoms with Crippen LogP contribution in [0.2, 0.25) is 0 Å². The fourth-order valence-electron chi connectivity index (χ4n) is 3.50. The lowest BCUT2D eigenvalue weighted by Crippen LogP contribution is -2.38. The number of rotatable bonds is 12. The van der Waals surface area contributed by atoms with Gasteiger partial charge in [-0.1, -0.05) is 19.8 Å². The Balaban J connectivity index is 1.47. The number of hydrogen-bond donors (Lipinski definition) is 2. The largest absolute Gasteiger partial charge is 0.493 e. The average Bonchev–Trinajstić information content (AvgIpc) is 2.88. The Morgan fingerprint density at radius 3 is 2.67 bits per heavy atom. The molecule has 2 N–H and O–H groups in total. The van der Waals surface area contributed by atoms with Gasteiger partial charge in [0.05, 0.1) is 30.9 Å². The lowest BCUT2D eigenvalue weighted by molar-refractivity contribution is 0.0320. The second-order valence-corrected chi connectivity index (χ2v) is 8.61. The molecule has 0 aliphatic carbocycles. The van der Waals surface area contributed by atoms with Crippen LogP contribution >= 0.6 is 12.2 Å². The summed E-state index contributed by atoms with van der Waals surface area (Å²) >= 11 is 5.18. The Bertz CT molecular complexity index is 989. The van der Waals surface area contributed by atoms with E-state index in [1.54, 1.807) is 18.2 Å². The number of alkyl halides is 2. The second-order valence-electron chi connectivity index (χ2n) is 8.20. The minimum Gasteiger partial charge on any atom is -0.493 e. The summed E-state index contributed by atoms with van der Waals surface area (Å²) in [5.41, 5.74) is 0.362. The molecule has 0 radical (unpaired) electrons. The zero-order chi connectivity index (χ0) is 25.8. The normalized spacial score (nSPS) is 13.9. The van der Waals surface area contributed by atoms with Crippen LogP contribution in [0.15, 0.2) is 36.5 Å². The van der Waals surface area contributed by atoms with Crippen LogP contribution in [0, 0.1) is 0 Å². The number of hydrogen-bond acceptors (Lipinski definition) is 7. The van der Waals surface area contributed by atoms with E-state index in [0.717, 1.165) is 52.1 Å². The lowest BCUT2D eigenvalue weighted by Gasteiger charge is -2.26. The molecule has 1 aliphatic rings. The van der Waals surface area contributed by atoms with Crippen molar-refractivity contribution in [3.05, 3.63) is 47.7 Å². The van der Waals surface area contributed by atoms with Crippen LogP contribution < -0.4 is 20.1 Å². The van der Waals surface area contributed by atoms with E-state index in [9.17, 15) is 13.6 Å². The molecular weight excluding hydrogens is 490 g/mol. The number of aromatic nitrogens is 1. The average molecular weight is 523 g/mol. The van der Waals surface area contributed by atoms with Gasteiger partial charge in [0.2, 0.25) is 5.88 Å². The van der Waals surface area contributed by atoms with Crippen molar-refractivity contribution in [1.82, 2.24) is 15.2 Å². The van der Waals surface area contributed by atoms with Crippen LogP contribution in [0.3, 0.4) is 0 Å². The molecule has 2 heterocycles. The number of unbranched alkanes of at least 4 members (excludes halogenated alkanes) is 2. The molecular formula is C25H32F2N4O4S. The summed E-state index contributed by atoms with van der Waals surface area (Å²) in [5, 5.41) is 5.26. The first-order chi connectivity index (χ1) is 17.5. The van der Waals surface area contributed by atoms with Crippen molar-refractivity contribution in [2.24, 2.45) is 0 Å². The zero-order valence-electron chi connectivity index (χ0n) is 20.3. The van der Waals surface area contributed by atoms with Gasteiger partial charge >= 0.3 is 0 Å². The minimum atomic E-state index is -2.71. The van der Waals surface area contributed by atoms with E-state index in [1.807, 2.05) is 0 Å². The standard InChI is InChI=1S/C25H32F2N4O4S/c1-2-3-4-12-34-21-7-6-19(16-20(21)23(26)27)29-25(36)30-24(32)18-5-8-22(28-17-18)35-15-11-31-9-13-33-14-10-31/h5-8,16-17,23H,2-4,9-15H2,1H3,(H2,29,30,32,36). The molecule has 0 unspecified atom stereocenters. The highest BCUT2D eigenvalue weighted by molar-refractivity contribution is 7.80. The van der Waals surface area contributed by atoms with E-state index >= 15 is 0 Å². The van der Waals surface area contributed by atoms with E-state index in [0.29, 0.717) is 24.8 Å². The van der Waals surface area contributed by atoms with Crippen molar-refractivity contribution in [1.29, 1.82) is 0 Å². The summed E-state index contributed by atoms with van der Waals surface area (Å²) in [7, 11) is 0. The molecule has 11 heteroatoms. The van der Waals surface area contributed by atoms with Gasteiger partial charge in [0.15, 0.2) is 5.11 Å². The SMILES string of the molecule is CCCCCOc1ccc(NC(=S)NC(=O)c2ccc(OCCN3CCOCC3)nc2)cc1C(F)F. The first-order valence-corrected chi connectivity index (χ1v) is 12.4. The molecule has 1 fully saturated rings. The Morgan fingerprint density at radius 2 is 1.97 bits per heavy atom. The van der Waals surface area contributed by atoms with Gasteiger partial charge < -0.3 is 19.5 Å². The Hall–Kier alpha value is -2.89. The van der Waals surface area contributed by atoms with Gasteiger partial charge in [0, 0.05) is 37.6 Å². The van der Waals surface area contributed by atoms with Crippen molar-refractivity contribution in [3.63, 3.8) is 0 Å². The molecule has 1 amide bonds. The lowest BCUT2D eigenvalue weighted by atomic mass is 10.2. The smallest absolute Gasteiger partial charge is 0.267 e. The number of ether oxygens (including phenoxy) is 3. The van der Waals surface area contributed by atoms with Gasteiger partial charge in [-0.2, -0.15) is 0 Å². The Labute approximate surface area is 215 Å². The molecule has 1 aromatic carbocycles. The van der Waals surface area contributed by atoms with E-state index < -0.39 is 12.3 Å². The number of nitrogens with zero attached hydrogens (tertiary/aromatic N) is 2. The molecule has 0 spiro atoms. The van der Waals surface area contributed by atoms with Crippen molar-refractivity contribution in [2.45, 2.75) is 32.6 Å². The predicted octanol–water partition coefficient (Wildman–Crippen LogP) is 4.43. The van der Waals surface area contributed by atoms with Crippen molar-refractivity contribution >= 4 is 28.9 Å². The molecule has 2 aromatic rings. The number of pyridine rings is 1. The van der Waals surface area contributed by atoms with Gasteiger partial charge in [0.25, 0.3) is 12.3 Å². The minimum absolute atomic E-state index is 0.0253. The fraction of sp³-hybridized carbons (Fsp3) is 0.480. The number of anilines is 1. The molecule has 3 rings (SSSR count). The Kier molecular flexibility index (Phi) is 11.2. The van der Waals surface area contributed by atoms with E-state index in [-0.39, 0.29) is 22.0 Å². The molecule has 1 saturated heterocycles. The first-order valence-electron chi connectivity index (χ1n) is 12.0. The topological polar surface area (TPSA) is 85.0 Å². The van der Waals surface area contributed by atoms with Crippen molar-refractivity contribution in [3.8, 4) is 11.6 Å². The van der Waals surface area contributed by atoms with Crippen LogP contribution in [0.5, 0.6) is 11.6 Å². The van der Waals surface area contributed by atoms with E-state index in [1.165, 1.54) is 18.3 Å². The Morgan fingerprint density at radius 1 is 1.17 bits per heavy atom. The number of amides is 1. The van der Waals surface area contributed by atoms with Gasteiger partial charge in [0.1, 0.15) is 12.4 Å². The molecule has 0 atom stereocenters. The highest BCUT2D eigenvalue weighted by Gasteiger charge is 2.16. The third kappa shape index (κ3) is 8.96. The molecule has 1 aromatic heterocycles. The highest BCUT2D eigenvalue weighted by atomic mass is 32.1. The summed E-state index contributed by atoms with van der Waals surface area (Å²) in [6.45, 7) is 6.90. The number of thiocarbonyl (C=S) groups is 1. The van der Waals surface area contributed by atoms with Crippen LogP contribution in [-0.4, -0.2) is 67.0 Å². The molecule has 1 aliphatic heterocycles. The summed E-state index contributed by atoms with van der Waals surface area (Å²) in [5.74, 6) is 0.0711. The second kappa shape index (κ2) is 14.6. The number of carbonyl (C=O) groups is 1. The van der Waals surface area contributed by atoms with Crippen LogP contribution in [0.25, 0.3) is 0 Å². The molecule has 0 saturated carbocycles. The predicted molar refractivity (Wildman–Crippen MR) is 137 cm³/mol. The maximum Gasteiger partial charge on any atom is 0.267 e. The number of nitrogens with one attached hydrogen (secondary N) is 2. The van der Waals surface area contributed by atoms with Crippen molar-refractivity contribution in [2.75, 3.05) is 51.4 Å². The molecule has 0 bridgehead atoms. The summed E-state index contributed by atoms with van der Waals surface area (Å²) in [6.07, 6.45) is 1.46. The number of carbonyl (C=O) groups excluding carboxylic acids is 1. The van der Waals surface area contributed by atoms with Crippen LogP contribution in [0.4, 0.5) is 14.5 Å². The third-order valence-electron chi connectivity index (χ3n) is 5.49.